The number of halogens is 1. The number of rotatable bonds is 5. The molecule has 0 bridgehead atoms. The van der Waals surface area contributed by atoms with Gasteiger partial charge in [-0.25, -0.2) is 0 Å². The Labute approximate surface area is 157 Å². The molecule has 5 nitrogen and oxygen atoms in total. The molecule has 0 saturated carbocycles. The zero-order valence-electron chi connectivity index (χ0n) is 13.9. The summed E-state index contributed by atoms with van der Waals surface area (Å²) in [5.74, 6) is 0.494. The Morgan fingerprint density at radius 1 is 1.24 bits per heavy atom. The van der Waals surface area contributed by atoms with Crippen LogP contribution in [0, 0.1) is 0 Å². The van der Waals surface area contributed by atoms with Gasteiger partial charge in [0, 0.05) is 18.1 Å². The molecule has 0 radical (unpaired) electrons. The number of hydrogen-bond donors (Lipinski definition) is 0. The summed E-state index contributed by atoms with van der Waals surface area (Å²) in [7, 11) is 3.29. The molecular formula is C18H17BrN2O3S. The van der Waals surface area contributed by atoms with Crippen molar-refractivity contribution in [1.82, 2.24) is 4.57 Å². The van der Waals surface area contributed by atoms with Gasteiger partial charge in [0.05, 0.1) is 29.5 Å². The fourth-order valence-electron chi connectivity index (χ4n) is 2.45. The SMILES string of the molecule is COCCn1c(=NC(=O)c2ccccc2Br)sc2cc(OC)ccc21. The highest BCUT2D eigenvalue weighted by atomic mass is 79.9. The molecule has 1 amide bonds. The normalized spacial score (nSPS) is 11.9. The van der Waals surface area contributed by atoms with Gasteiger partial charge >= 0.3 is 0 Å². The molecule has 7 heteroatoms. The van der Waals surface area contributed by atoms with E-state index in [1.165, 1.54) is 11.3 Å². The summed E-state index contributed by atoms with van der Waals surface area (Å²) in [5, 5.41) is 0. The van der Waals surface area contributed by atoms with Crippen LogP contribution < -0.4 is 9.54 Å². The minimum Gasteiger partial charge on any atom is -0.497 e. The van der Waals surface area contributed by atoms with Gasteiger partial charge in [0.1, 0.15) is 5.75 Å². The first-order valence-corrected chi connectivity index (χ1v) is 9.25. The van der Waals surface area contributed by atoms with Crippen LogP contribution >= 0.6 is 27.3 Å². The fraction of sp³-hybridized carbons (Fsp3) is 0.222. The molecule has 3 rings (SSSR count). The van der Waals surface area contributed by atoms with Crippen LogP contribution in [0.5, 0.6) is 5.75 Å². The minimum atomic E-state index is -0.280. The summed E-state index contributed by atoms with van der Waals surface area (Å²) in [5.41, 5.74) is 1.54. The van der Waals surface area contributed by atoms with Crippen molar-refractivity contribution in [2.45, 2.75) is 6.54 Å². The second-order valence-electron chi connectivity index (χ2n) is 5.26. The van der Waals surface area contributed by atoms with E-state index in [1.54, 1.807) is 20.3 Å². The van der Waals surface area contributed by atoms with Crippen LogP contribution in [0.15, 0.2) is 51.9 Å². The Kier molecular flexibility index (Phi) is 5.67. The summed E-state index contributed by atoms with van der Waals surface area (Å²) >= 11 is 4.86. The fourth-order valence-corrected chi connectivity index (χ4v) is 3.98. The van der Waals surface area contributed by atoms with Crippen LogP contribution in [0.25, 0.3) is 10.2 Å². The first-order valence-electron chi connectivity index (χ1n) is 7.64. The van der Waals surface area contributed by atoms with Crippen LogP contribution in [-0.2, 0) is 11.3 Å². The van der Waals surface area contributed by atoms with E-state index in [-0.39, 0.29) is 5.91 Å². The number of ether oxygens (including phenoxy) is 2. The summed E-state index contributed by atoms with van der Waals surface area (Å²) in [6.07, 6.45) is 0. The predicted octanol–water partition coefficient (Wildman–Crippen LogP) is 3.86. The second kappa shape index (κ2) is 7.95. The number of hydrogen-bond acceptors (Lipinski definition) is 4. The average Bonchev–Trinajstić information content (AvgIpc) is 2.96. The van der Waals surface area contributed by atoms with Crippen LogP contribution in [0.3, 0.4) is 0 Å². The molecule has 0 atom stereocenters. The predicted molar refractivity (Wildman–Crippen MR) is 102 cm³/mol. The zero-order valence-corrected chi connectivity index (χ0v) is 16.3. The van der Waals surface area contributed by atoms with Crippen LogP contribution in [0.4, 0.5) is 0 Å². The molecule has 0 aliphatic carbocycles. The highest BCUT2D eigenvalue weighted by molar-refractivity contribution is 9.10. The molecule has 25 heavy (non-hydrogen) atoms. The van der Waals surface area contributed by atoms with Crippen LogP contribution in [-0.4, -0.2) is 31.3 Å². The topological polar surface area (TPSA) is 52.8 Å². The molecule has 0 spiro atoms. The van der Waals surface area contributed by atoms with E-state index in [0.717, 1.165) is 20.4 Å². The van der Waals surface area contributed by atoms with Crippen molar-refractivity contribution in [3.05, 3.63) is 57.3 Å². The molecule has 0 unspecified atom stereocenters. The molecule has 1 heterocycles. The summed E-state index contributed by atoms with van der Waals surface area (Å²) in [4.78, 5) is 17.6. The molecule has 2 aromatic carbocycles. The van der Waals surface area contributed by atoms with Gasteiger partial charge in [0.15, 0.2) is 4.80 Å². The van der Waals surface area contributed by atoms with Crippen LogP contribution in [0.2, 0.25) is 0 Å². The van der Waals surface area contributed by atoms with Crippen molar-refractivity contribution in [3.63, 3.8) is 0 Å². The lowest BCUT2D eigenvalue weighted by Gasteiger charge is -2.05. The lowest BCUT2D eigenvalue weighted by Crippen LogP contribution is -2.19. The van der Waals surface area contributed by atoms with E-state index < -0.39 is 0 Å². The van der Waals surface area contributed by atoms with Gasteiger partial charge in [-0.15, -0.1) is 0 Å². The lowest BCUT2D eigenvalue weighted by molar-refractivity contribution is 0.0996. The Morgan fingerprint density at radius 3 is 2.76 bits per heavy atom. The molecular weight excluding hydrogens is 404 g/mol. The zero-order chi connectivity index (χ0) is 17.8. The molecule has 0 N–H and O–H groups in total. The smallest absolute Gasteiger partial charge is 0.280 e. The van der Waals surface area contributed by atoms with E-state index in [4.69, 9.17) is 9.47 Å². The summed E-state index contributed by atoms with van der Waals surface area (Å²) in [6, 6.07) is 13.1. The molecule has 0 aliphatic heterocycles. The molecule has 0 aliphatic rings. The Balaban J connectivity index is 2.13. The number of fused-ring (bicyclic) bond motifs is 1. The maximum atomic E-state index is 12.6. The Morgan fingerprint density at radius 2 is 2.04 bits per heavy atom. The van der Waals surface area contributed by atoms with Crippen molar-refractivity contribution in [2.75, 3.05) is 20.8 Å². The number of carbonyl (C=O) groups is 1. The number of methoxy groups -OCH3 is 2. The van der Waals surface area contributed by atoms with Gasteiger partial charge in [-0.1, -0.05) is 23.5 Å². The standard InChI is InChI=1S/C18H17BrN2O3S/c1-23-10-9-21-15-8-7-12(24-2)11-16(15)25-18(21)20-17(22)13-5-3-4-6-14(13)19/h3-8,11H,9-10H2,1-2H3. The van der Waals surface area contributed by atoms with Crippen molar-refractivity contribution < 1.29 is 14.3 Å². The molecule has 0 saturated heterocycles. The largest absolute Gasteiger partial charge is 0.497 e. The number of carbonyl (C=O) groups excluding carboxylic acids is 1. The van der Waals surface area contributed by atoms with E-state index in [9.17, 15) is 4.79 Å². The molecule has 0 fully saturated rings. The van der Waals surface area contributed by atoms with Gasteiger partial charge in [-0.2, -0.15) is 4.99 Å². The van der Waals surface area contributed by atoms with Crippen molar-refractivity contribution >= 4 is 43.4 Å². The van der Waals surface area contributed by atoms with Gasteiger partial charge in [-0.05, 0) is 46.3 Å². The number of nitrogens with zero attached hydrogens (tertiary/aromatic N) is 2. The van der Waals surface area contributed by atoms with Crippen molar-refractivity contribution in [1.29, 1.82) is 0 Å². The van der Waals surface area contributed by atoms with Gasteiger partial charge in [-0.3, -0.25) is 4.79 Å². The van der Waals surface area contributed by atoms with E-state index in [1.807, 2.05) is 41.0 Å². The molecule has 1 aromatic heterocycles. The summed E-state index contributed by atoms with van der Waals surface area (Å²) < 4.78 is 14.2. The van der Waals surface area contributed by atoms with Gasteiger partial charge in [0.2, 0.25) is 0 Å². The molecule has 130 valence electrons. The first kappa shape index (κ1) is 17.8. The third-order valence-electron chi connectivity index (χ3n) is 3.71. The van der Waals surface area contributed by atoms with Gasteiger partial charge < -0.3 is 14.0 Å². The maximum Gasteiger partial charge on any atom is 0.280 e. The van der Waals surface area contributed by atoms with Gasteiger partial charge in [0.25, 0.3) is 5.91 Å². The third kappa shape index (κ3) is 3.84. The van der Waals surface area contributed by atoms with E-state index in [2.05, 4.69) is 20.9 Å². The average molecular weight is 421 g/mol. The Hall–Kier alpha value is -1.96. The monoisotopic (exact) mass is 420 g/mol. The third-order valence-corrected chi connectivity index (χ3v) is 5.44. The lowest BCUT2D eigenvalue weighted by atomic mass is 10.2. The number of benzene rings is 2. The highest BCUT2D eigenvalue weighted by Crippen LogP contribution is 2.23. The first-order chi connectivity index (χ1) is 12.1. The van der Waals surface area contributed by atoms with Crippen LogP contribution in [0.1, 0.15) is 10.4 Å². The van der Waals surface area contributed by atoms with E-state index in [0.29, 0.717) is 23.5 Å². The van der Waals surface area contributed by atoms with Crippen molar-refractivity contribution in [2.24, 2.45) is 4.99 Å². The number of thiazole rings is 1. The number of aromatic nitrogens is 1. The maximum absolute atomic E-state index is 12.6. The van der Waals surface area contributed by atoms with E-state index >= 15 is 0 Å². The summed E-state index contributed by atoms with van der Waals surface area (Å²) in [6.45, 7) is 1.15. The minimum absolute atomic E-state index is 0.280. The quantitative estimate of drug-likeness (QED) is 0.629. The number of amides is 1. The van der Waals surface area contributed by atoms with Crippen molar-refractivity contribution in [3.8, 4) is 5.75 Å². The second-order valence-corrected chi connectivity index (χ2v) is 7.12. The Bertz CT molecular complexity index is 978. The highest BCUT2D eigenvalue weighted by Gasteiger charge is 2.12. The molecule has 3 aromatic rings.